The van der Waals surface area contributed by atoms with Crippen LogP contribution in [-0.2, 0) is 0 Å². The number of hydrogen-bond donors (Lipinski definition) is 0. The fourth-order valence-corrected chi connectivity index (χ4v) is 2.29. The minimum absolute atomic E-state index is 0.947. The third-order valence-electron chi connectivity index (χ3n) is 2.78. The highest BCUT2D eigenvalue weighted by Crippen LogP contribution is 2.23. The van der Waals surface area contributed by atoms with Crippen molar-refractivity contribution in [1.29, 1.82) is 0 Å². The summed E-state index contributed by atoms with van der Waals surface area (Å²) in [5.41, 5.74) is 4.35. The number of pyridine rings is 1. The van der Waals surface area contributed by atoms with Crippen molar-refractivity contribution in [3.63, 3.8) is 0 Å². The molecule has 0 N–H and O–H groups in total. The minimum atomic E-state index is 0.947. The van der Waals surface area contributed by atoms with E-state index < -0.39 is 0 Å². The molecule has 2 heterocycles. The summed E-state index contributed by atoms with van der Waals surface area (Å²) in [6, 6.07) is 12.4. The highest BCUT2D eigenvalue weighted by atomic mass is 79.9. The SMILES string of the molecule is Cc1ccc(-c2cn3cccc(Br)c3n2)cc1. The summed E-state index contributed by atoms with van der Waals surface area (Å²) in [6.07, 6.45) is 4.05. The molecule has 0 aliphatic heterocycles. The fourth-order valence-electron chi connectivity index (χ4n) is 1.84. The summed E-state index contributed by atoms with van der Waals surface area (Å²) in [5.74, 6) is 0. The Bertz CT molecular complexity index is 668. The summed E-state index contributed by atoms with van der Waals surface area (Å²) in [7, 11) is 0. The molecule has 0 radical (unpaired) electrons. The first kappa shape index (κ1) is 10.5. The molecule has 1 aromatic carbocycles. The number of aryl methyl sites for hydroxylation is 1. The van der Waals surface area contributed by atoms with Gasteiger partial charge in [-0.2, -0.15) is 0 Å². The van der Waals surface area contributed by atoms with Gasteiger partial charge in [-0.3, -0.25) is 0 Å². The van der Waals surface area contributed by atoms with Gasteiger partial charge < -0.3 is 4.40 Å². The van der Waals surface area contributed by atoms with E-state index in [0.717, 1.165) is 21.4 Å². The van der Waals surface area contributed by atoms with Gasteiger partial charge in [-0.1, -0.05) is 29.8 Å². The average Bonchev–Trinajstić information content (AvgIpc) is 2.75. The van der Waals surface area contributed by atoms with Crippen LogP contribution in [0, 0.1) is 6.92 Å². The van der Waals surface area contributed by atoms with Gasteiger partial charge in [0.2, 0.25) is 0 Å². The molecule has 0 aliphatic rings. The fraction of sp³-hybridized carbons (Fsp3) is 0.0714. The molecule has 0 spiro atoms. The first-order valence-corrected chi connectivity index (χ1v) is 6.23. The second kappa shape index (κ2) is 4.00. The van der Waals surface area contributed by atoms with Gasteiger partial charge in [-0.05, 0) is 35.0 Å². The number of fused-ring (bicyclic) bond motifs is 1. The topological polar surface area (TPSA) is 17.3 Å². The van der Waals surface area contributed by atoms with Gasteiger partial charge in [-0.15, -0.1) is 0 Å². The smallest absolute Gasteiger partial charge is 0.151 e. The molecule has 0 unspecified atom stereocenters. The van der Waals surface area contributed by atoms with Crippen LogP contribution in [0.25, 0.3) is 16.9 Å². The van der Waals surface area contributed by atoms with E-state index in [1.807, 2.05) is 28.9 Å². The van der Waals surface area contributed by atoms with Gasteiger partial charge in [0, 0.05) is 18.0 Å². The molecule has 0 fully saturated rings. The number of imidazole rings is 1. The minimum Gasteiger partial charge on any atom is -0.306 e. The standard InChI is InChI=1S/C14H11BrN2/c1-10-4-6-11(7-5-10)13-9-17-8-2-3-12(15)14(17)16-13/h2-9H,1H3. The molecule has 3 rings (SSSR count). The Morgan fingerprint density at radius 3 is 2.59 bits per heavy atom. The van der Waals surface area contributed by atoms with Crippen molar-refractivity contribution in [2.24, 2.45) is 0 Å². The number of aromatic nitrogens is 2. The van der Waals surface area contributed by atoms with Crippen molar-refractivity contribution in [2.75, 3.05) is 0 Å². The first-order chi connectivity index (χ1) is 8.24. The summed E-state index contributed by atoms with van der Waals surface area (Å²) in [4.78, 5) is 4.63. The molecular weight excluding hydrogens is 276 g/mol. The lowest BCUT2D eigenvalue weighted by Crippen LogP contribution is -1.80. The van der Waals surface area contributed by atoms with Crippen LogP contribution < -0.4 is 0 Å². The maximum atomic E-state index is 4.63. The van der Waals surface area contributed by atoms with Crippen LogP contribution in [0.3, 0.4) is 0 Å². The van der Waals surface area contributed by atoms with Gasteiger partial charge in [0.15, 0.2) is 5.65 Å². The third-order valence-corrected chi connectivity index (χ3v) is 3.40. The van der Waals surface area contributed by atoms with Gasteiger partial charge >= 0.3 is 0 Å². The highest BCUT2D eigenvalue weighted by molar-refractivity contribution is 9.10. The van der Waals surface area contributed by atoms with Crippen LogP contribution in [-0.4, -0.2) is 9.38 Å². The Labute approximate surface area is 108 Å². The lowest BCUT2D eigenvalue weighted by atomic mass is 10.1. The maximum Gasteiger partial charge on any atom is 0.151 e. The predicted octanol–water partition coefficient (Wildman–Crippen LogP) is 4.07. The lowest BCUT2D eigenvalue weighted by molar-refractivity contribution is 1.18. The Balaban J connectivity index is 2.18. The molecule has 3 aromatic rings. The van der Waals surface area contributed by atoms with Crippen LogP contribution in [0.2, 0.25) is 0 Å². The van der Waals surface area contributed by atoms with Crippen LogP contribution in [0.5, 0.6) is 0 Å². The molecule has 2 aromatic heterocycles. The molecule has 17 heavy (non-hydrogen) atoms. The van der Waals surface area contributed by atoms with E-state index in [9.17, 15) is 0 Å². The first-order valence-electron chi connectivity index (χ1n) is 5.44. The van der Waals surface area contributed by atoms with E-state index in [4.69, 9.17) is 0 Å². The summed E-state index contributed by atoms with van der Waals surface area (Å²) in [5, 5.41) is 0. The monoisotopic (exact) mass is 286 g/mol. The summed E-state index contributed by atoms with van der Waals surface area (Å²) in [6.45, 7) is 2.09. The van der Waals surface area contributed by atoms with E-state index in [0.29, 0.717) is 0 Å². The Hall–Kier alpha value is -1.61. The van der Waals surface area contributed by atoms with E-state index in [1.165, 1.54) is 5.56 Å². The number of hydrogen-bond acceptors (Lipinski definition) is 1. The quantitative estimate of drug-likeness (QED) is 0.659. The summed E-state index contributed by atoms with van der Waals surface area (Å²) >= 11 is 3.51. The molecule has 0 amide bonds. The lowest BCUT2D eigenvalue weighted by Gasteiger charge is -1.96. The number of halogens is 1. The largest absolute Gasteiger partial charge is 0.306 e. The highest BCUT2D eigenvalue weighted by Gasteiger charge is 2.05. The summed E-state index contributed by atoms with van der Waals surface area (Å²) < 4.78 is 3.04. The molecule has 0 bridgehead atoms. The zero-order chi connectivity index (χ0) is 11.8. The van der Waals surface area contributed by atoms with Crippen LogP contribution >= 0.6 is 15.9 Å². The van der Waals surface area contributed by atoms with E-state index in [2.05, 4.69) is 52.1 Å². The van der Waals surface area contributed by atoms with Crippen molar-refractivity contribution < 1.29 is 0 Å². The van der Waals surface area contributed by atoms with Crippen molar-refractivity contribution >= 4 is 21.6 Å². The van der Waals surface area contributed by atoms with E-state index in [-0.39, 0.29) is 0 Å². The number of rotatable bonds is 1. The Kier molecular flexibility index (Phi) is 2.48. The molecule has 3 heteroatoms. The molecule has 0 saturated carbocycles. The molecule has 0 saturated heterocycles. The maximum absolute atomic E-state index is 4.63. The normalized spacial score (nSPS) is 10.9. The second-order valence-corrected chi connectivity index (χ2v) is 4.93. The van der Waals surface area contributed by atoms with Crippen molar-refractivity contribution in [2.45, 2.75) is 6.92 Å². The Morgan fingerprint density at radius 1 is 1.12 bits per heavy atom. The molecular formula is C14H11BrN2. The van der Waals surface area contributed by atoms with Crippen molar-refractivity contribution in [3.05, 3.63) is 58.8 Å². The zero-order valence-electron chi connectivity index (χ0n) is 9.39. The number of benzene rings is 1. The second-order valence-electron chi connectivity index (χ2n) is 4.08. The Morgan fingerprint density at radius 2 is 1.88 bits per heavy atom. The molecule has 0 aliphatic carbocycles. The van der Waals surface area contributed by atoms with Gasteiger partial charge in [-0.25, -0.2) is 4.98 Å². The van der Waals surface area contributed by atoms with E-state index >= 15 is 0 Å². The van der Waals surface area contributed by atoms with Crippen molar-refractivity contribution in [1.82, 2.24) is 9.38 Å². The zero-order valence-corrected chi connectivity index (χ0v) is 11.0. The van der Waals surface area contributed by atoms with E-state index in [1.54, 1.807) is 0 Å². The molecule has 2 nitrogen and oxygen atoms in total. The predicted molar refractivity (Wildman–Crippen MR) is 73.1 cm³/mol. The van der Waals surface area contributed by atoms with Crippen molar-refractivity contribution in [3.8, 4) is 11.3 Å². The van der Waals surface area contributed by atoms with Crippen LogP contribution in [0.4, 0.5) is 0 Å². The van der Waals surface area contributed by atoms with Gasteiger partial charge in [0.1, 0.15) is 0 Å². The van der Waals surface area contributed by atoms with Gasteiger partial charge in [0.05, 0.1) is 10.2 Å². The average molecular weight is 287 g/mol. The van der Waals surface area contributed by atoms with Crippen LogP contribution in [0.15, 0.2) is 53.3 Å². The third kappa shape index (κ3) is 1.87. The number of nitrogens with zero attached hydrogens (tertiary/aromatic N) is 2. The van der Waals surface area contributed by atoms with Crippen LogP contribution in [0.1, 0.15) is 5.56 Å². The molecule has 84 valence electrons. The molecule has 0 atom stereocenters. The van der Waals surface area contributed by atoms with Gasteiger partial charge in [0.25, 0.3) is 0 Å².